The van der Waals surface area contributed by atoms with Crippen LogP contribution in [0.15, 0.2) is 24.3 Å². The maximum atomic E-state index is 9.08. The molecular formula is C13H16N2. The van der Waals surface area contributed by atoms with Crippen LogP contribution in [0.5, 0.6) is 0 Å². The Kier molecular flexibility index (Phi) is 2.75. The number of hydrogen-bond acceptors (Lipinski definition) is 2. The number of nitrogens with two attached hydrogens (primary N) is 1. The van der Waals surface area contributed by atoms with E-state index in [0.29, 0.717) is 5.92 Å². The van der Waals surface area contributed by atoms with Crippen molar-refractivity contribution >= 4 is 0 Å². The molecule has 0 saturated carbocycles. The van der Waals surface area contributed by atoms with Crippen LogP contribution in [-0.4, -0.2) is 6.04 Å². The van der Waals surface area contributed by atoms with Crippen LogP contribution in [-0.2, 0) is 0 Å². The molecule has 2 N–H and O–H groups in total. The third-order valence-electron chi connectivity index (χ3n) is 3.33. The molecule has 1 aliphatic rings. The quantitative estimate of drug-likeness (QED) is 0.757. The van der Waals surface area contributed by atoms with E-state index in [1.807, 2.05) is 19.1 Å². The van der Waals surface area contributed by atoms with Gasteiger partial charge in [-0.05, 0) is 36.8 Å². The van der Waals surface area contributed by atoms with Crippen molar-refractivity contribution in [3.05, 3.63) is 35.4 Å². The van der Waals surface area contributed by atoms with Crippen LogP contribution in [0, 0.1) is 11.3 Å². The Labute approximate surface area is 90.7 Å². The summed E-state index contributed by atoms with van der Waals surface area (Å²) in [4.78, 5) is 0. The van der Waals surface area contributed by atoms with E-state index in [2.05, 4.69) is 18.2 Å². The highest BCUT2D eigenvalue weighted by atomic mass is 14.6. The first-order valence-corrected chi connectivity index (χ1v) is 5.48. The van der Waals surface area contributed by atoms with Crippen LogP contribution in [0.2, 0.25) is 0 Å². The summed E-state index contributed by atoms with van der Waals surface area (Å²) in [5.74, 6) is 0.488. The number of rotatable bonds is 1. The summed E-state index contributed by atoms with van der Waals surface area (Å²) in [7, 11) is 0. The molecule has 0 amide bonds. The van der Waals surface area contributed by atoms with Gasteiger partial charge in [-0.15, -0.1) is 0 Å². The first kappa shape index (κ1) is 10.2. The van der Waals surface area contributed by atoms with Crippen molar-refractivity contribution in [1.29, 1.82) is 5.26 Å². The Morgan fingerprint density at radius 3 is 2.60 bits per heavy atom. The molecule has 0 fully saturated rings. The van der Waals surface area contributed by atoms with Crippen LogP contribution in [0.4, 0.5) is 0 Å². The first-order chi connectivity index (χ1) is 7.24. The van der Waals surface area contributed by atoms with Gasteiger partial charge in [0.15, 0.2) is 0 Å². The monoisotopic (exact) mass is 200 g/mol. The van der Waals surface area contributed by atoms with Gasteiger partial charge in [0, 0.05) is 6.04 Å². The van der Waals surface area contributed by atoms with Crippen LogP contribution in [0.25, 0.3) is 0 Å². The standard InChI is InChI=1S/C13H16N2/c1-9(15)11-7-6-10(8-14)12-4-2-3-5-13(11)12/h2-5,9-11H,6-7,15H2,1H3. The topological polar surface area (TPSA) is 49.8 Å². The smallest absolute Gasteiger partial charge is 0.0715 e. The predicted octanol–water partition coefficient (Wildman–Crippen LogP) is 2.52. The molecule has 78 valence electrons. The second-order valence-electron chi connectivity index (χ2n) is 4.35. The number of nitrogens with zero attached hydrogens (tertiary/aromatic N) is 1. The second kappa shape index (κ2) is 4.04. The number of benzene rings is 1. The molecule has 0 aromatic heterocycles. The number of nitriles is 1. The van der Waals surface area contributed by atoms with Gasteiger partial charge in [-0.2, -0.15) is 5.26 Å². The fourth-order valence-electron chi connectivity index (χ4n) is 2.50. The molecule has 0 aliphatic heterocycles. The molecular weight excluding hydrogens is 184 g/mol. The van der Waals surface area contributed by atoms with Crippen molar-refractivity contribution in [2.45, 2.75) is 37.6 Å². The summed E-state index contributed by atoms with van der Waals surface area (Å²) in [6.45, 7) is 2.05. The predicted molar refractivity (Wildman–Crippen MR) is 60.4 cm³/mol. The van der Waals surface area contributed by atoms with Crippen LogP contribution >= 0.6 is 0 Å². The van der Waals surface area contributed by atoms with Crippen molar-refractivity contribution in [3.8, 4) is 6.07 Å². The normalized spacial score (nSPS) is 26.5. The van der Waals surface area contributed by atoms with E-state index < -0.39 is 0 Å². The van der Waals surface area contributed by atoms with Gasteiger partial charge in [0.1, 0.15) is 0 Å². The second-order valence-corrected chi connectivity index (χ2v) is 4.35. The molecule has 0 spiro atoms. The van der Waals surface area contributed by atoms with Crippen molar-refractivity contribution < 1.29 is 0 Å². The SMILES string of the molecule is CC(N)C1CCC(C#N)c2ccccc21. The van der Waals surface area contributed by atoms with Crippen LogP contribution in [0.3, 0.4) is 0 Å². The molecule has 1 aromatic rings. The van der Waals surface area contributed by atoms with Gasteiger partial charge in [-0.3, -0.25) is 0 Å². The lowest BCUT2D eigenvalue weighted by atomic mass is 9.75. The molecule has 3 unspecified atom stereocenters. The maximum absolute atomic E-state index is 9.08. The van der Waals surface area contributed by atoms with Crippen molar-refractivity contribution in [2.24, 2.45) is 5.73 Å². The summed E-state index contributed by atoms with van der Waals surface area (Å²) in [5, 5.41) is 9.08. The molecule has 0 bridgehead atoms. The molecule has 0 heterocycles. The van der Waals surface area contributed by atoms with E-state index in [9.17, 15) is 0 Å². The number of fused-ring (bicyclic) bond motifs is 1. The van der Waals surface area contributed by atoms with E-state index >= 15 is 0 Å². The van der Waals surface area contributed by atoms with Crippen LogP contribution < -0.4 is 5.73 Å². The minimum atomic E-state index is 0.0659. The Hall–Kier alpha value is -1.33. The molecule has 1 aromatic carbocycles. The molecule has 2 heteroatoms. The Bertz CT molecular complexity index is 390. The van der Waals surface area contributed by atoms with Gasteiger partial charge < -0.3 is 5.73 Å². The molecule has 15 heavy (non-hydrogen) atoms. The fraction of sp³-hybridized carbons (Fsp3) is 0.462. The zero-order valence-corrected chi connectivity index (χ0v) is 8.98. The van der Waals surface area contributed by atoms with E-state index in [1.165, 1.54) is 11.1 Å². The molecule has 0 saturated heterocycles. The highest BCUT2D eigenvalue weighted by Crippen LogP contribution is 2.39. The van der Waals surface area contributed by atoms with Crippen LogP contribution in [0.1, 0.15) is 42.7 Å². The average Bonchev–Trinajstić information content (AvgIpc) is 2.27. The lowest BCUT2D eigenvalue weighted by Gasteiger charge is -2.30. The zero-order chi connectivity index (χ0) is 10.8. The van der Waals surface area contributed by atoms with E-state index in [4.69, 9.17) is 11.0 Å². The Morgan fingerprint density at radius 2 is 2.00 bits per heavy atom. The summed E-state index contributed by atoms with van der Waals surface area (Å²) < 4.78 is 0. The summed E-state index contributed by atoms with van der Waals surface area (Å²) in [6.07, 6.45) is 1.98. The van der Waals surface area contributed by atoms with Crippen molar-refractivity contribution in [1.82, 2.24) is 0 Å². The maximum Gasteiger partial charge on any atom is 0.0715 e. The molecule has 2 nitrogen and oxygen atoms in total. The van der Waals surface area contributed by atoms with Crippen molar-refractivity contribution in [3.63, 3.8) is 0 Å². The molecule has 3 atom stereocenters. The minimum absolute atomic E-state index is 0.0659. The molecule has 0 radical (unpaired) electrons. The highest BCUT2D eigenvalue weighted by molar-refractivity contribution is 5.39. The van der Waals surface area contributed by atoms with E-state index in [0.717, 1.165) is 12.8 Å². The summed E-state index contributed by atoms with van der Waals surface area (Å²) >= 11 is 0. The Balaban J connectivity index is 2.44. The third-order valence-corrected chi connectivity index (χ3v) is 3.33. The van der Waals surface area contributed by atoms with Gasteiger partial charge in [0.05, 0.1) is 12.0 Å². The van der Waals surface area contributed by atoms with Crippen molar-refractivity contribution in [2.75, 3.05) is 0 Å². The minimum Gasteiger partial charge on any atom is -0.327 e. The lowest BCUT2D eigenvalue weighted by molar-refractivity contribution is 0.469. The average molecular weight is 200 g/mol. The van der Waals surface area contributed by atoms with Gasteiger partial charge in [0.2, 0.25) is 0 Å². The summed E-state index contributed by atoms with van der Waals surface area (Å²) in [5.41, 5.74) is 8.46. The zero-order valence-electron chi connectivity index (χ0n) is 8.98. The lowest BCUT2D eigenvalue weighted by Crippen LogP contribution is -2.28. The molecule has 1 aliphatic carbocycles. The van der Waals surface area contributed by atoms with Gasteiger partial charge in [0.25, 0.3) is 0 Å². The highest BCUT2D eigenvalue weighted by Gasteiger charge is 2.28. The van der Waals surface area contributed by atoms with E-state index in [1.54, 1.807) is 0 Å². The van der Waals surface area contributed by atoms with E-state index in [-0.39, 0.29) is 12.0 Å². The van der Waals surface area contributed by atoms with Gasteiger partial charge >= 0.3 is 0 Å². The van der Waals surface area contributed by atoms with Gasteiger partial charge in [-0.25, -0.2) is 0 Å². The fourth-order valence-corrected chi connectivity index (χ4v) is 2.50. The summed E-state index contributed by atoms with van der Waals surface area (Å²) in [6, 6.07) is 10.8. The van der Waals surface area contributed by atoms with Gasteiger partial charge in [-0.1, -0.05) is 24.3 Å². The molecule has 2 rings (SSSR count). The number of hydrogen-bond donors (Lipinski definition) is 1. The first-order valence-electron chi connectivity index (χ1n) is 5.48. The largest absolute Gasteiger partial charge is 0.327 e. The third kappa shape index (κ3) is 1.75. The Morgan fingerprint density at radius 1 is 1.33 bits per heavy atom.